The van der Waals surface area contributed by atoms with E-state index in [0.29, 0.717) is 11.5 Å². The highest BCUT2D eigenvalue weighted by molar-refractivity contribution is 5.71. The highest BCUT2D eigenvalue weighted by Crippen LogP contribution is 2.42. The summed E-state index contributed by atoms with van der Waals surface area (Å²) in [6, 6.07) is 26.9. The smallest absolute Gasteiger partial charge is 0.118 e. The van der Waals surface area contributed by atoms with E-state index in [4.69, 9.17) is 0 Å². The van der Waals surface area contributed by atoms with E-state index in [1.807, 2.05) is 32.0 Å². The molecule has 156 valence electrons. The Morgan fingerprint density at radius 2 is 1.00 bits per heavy atom. The first-order valence-corrected chi connectivity index (χ1v) is 10.6. The molecule has 2 nitrogen and oxygen atoms in total. The maximum atomic E-state index is 10.3. The van der Waals surface area contributed by atoms with Gasteiger partial charge in [0.1, 0.15) is 11.5 Å². The Hall–Kier alpha value is -3.52. The first-order chi connectivity index (χ1) is 14.9. The zero-order valence-electron chi connectivity index (χ0n) is 18.5. The van der Waals surface area contributed by atoms with Crippen LogP contribution in [-0.4, -0.2) is 10.2 Å². The van der Waals surface area contributed by atoms with Gasteiger partial charge in [-0.15, -0.1) is 0 Å². The van der Waals surface area contributed by atoms with Crippen molar-refractivity contribution < 1.29 is 10.2 Å². The summed E-state index contributed by atoms with van der Waals surface area (Å²) < 4.78 is 0. The Balaban J connectivity index is 2.05. The minimum Gasteiger partial charge on any atom is -0.508 e. The van der Waals surface area contributed by atoms with Crippen molar-refractivity contribution >= 4 is 0 Å². The van der Waals surface area contributed by atoms with Crippen LogP contribution in [0.25, 0.3) is 11.1 Å². The summed E-state index contributed by atoms with van der Waals surface area (Å²) >= 11 is 0. The maximum Gasteiger partial charge on any atom is 0.118 e. The molecular formula is C29H28O2. The molecule has 0 bridgehead atoms. The van der Waals surface area contributed by atoms with Gasteiger partial charge in [-0.2, -0.15) is 0 Å². The normalized spacial score (nSPS) is 11.1. The predicted octanol–water partition coefficient (Wildman–Crippen LogP) is 7.18. The molecule has 0 radical (unpaired) electrons. The average molecular weight is 409 g/mol. The van der Waals surface area contributed by atoms with Gasteiger partial charge in [0.2, 0.25) is 0 Å². The third-order valence-electron chi connectivity index (χ3n) is 6.15. The fourth-order valence-corrected chi connectivity index (χ4v) is 4.40. The molecule has 0 saturated heterocycles. The highest BCUT2D eigenvalue weighted by atomic mass is 16.3. The van der Waals surface area contributed by atoms with Crippen molar-refractivity contribution in [3.63, 3.8) is 0 Å². The number of benzene rings is 4. The zero-order valence-corrected chi connectivity index (χ0v) is 18.5. The summed E-state index contributed by atoms with van der Waals surface area (Å²) in [5, 5.41) is 20.6. The lowest BCUT2D eigenvalue weighted by atomic mass is 9.77. The van der Waals surface area contributed by atoms with Gasteiger partial charge in [-0.3, -0.25) is 0 Å². The lowest BCUT2D eigenvalue weighted by Gasteiger charge is -2.26. The molecule has 4 aromatic rings. The third kappa shape index (κ3) is 3.94. The Morgan fingerprint density at radius 3 is 1.55 bits per heavy atom. The standard InChI is InChI=1S/C29H28O2/c1-18-16-27(30)20(3)14-25(18)29(26-15-21(4)28(31)17-19(26)2)24-13-9-8-12-23(24)22-10-6-5-7-11-22/h5-17,29-31H,1-4H3. The molecular weight excluding hydrogens is 380 g/mol. The van der Waals surface area contributed by atoms with Crippen LogP contribution in [0.3, 0.4) is 0 Å². The molecule has 0 amide bonds. The molecule has 4 aromatic carbocycles. The van der Waals surface area contributed by atoms with Crippen molar-refractivity contribution in [1.82, 2.24) is 0 Å². The van der Waals surface area contributed by atoms with Crippen LogP contribution in [0.2, 0.25) is 0 Å². The van der Waals surface area contributed by atoms with Crippen molar-refractivity contribution in [1.29, 1.82) is 0 Å². The summed E-state index contributed by atoms with van der Waals surface area (Å²) in [5.41, 5.74) is 9.68. The van der Waals surface area contributed by atoms with Crippen molar-refractivity contribution in [2.45, 2.75) is 33.6 Å². The van der Waals surface area contributed by atoms with Crippen molar-refractivity contribution in [2.24, 2.45) is 0 Å². The quantitative estimate of drug-likeness (QED) is 0.351. The molecule has 0 aromatic heterocycles. The van der Waals surface area contributed by atoms with E-state index in [1.54, 1.807) is 0 Å². The van der Waals surface area contributed by atoms with Gasteiger partial charge in [-0.05, 0) is 89.9 Å². The first kappa shape index (κ1) is 20.7. The Morgan fingerprint density at radius 1 is 0.516 bits per heavy atom. The van der Waals surface area contributed by atoms with E-state index in [-0.39, 0.29) is 5.92 Å². The van der Waals surface area contributed by atoms with E-state index >= 15 is 0 Å². The number of phenols is 2. The molecule has 31 heavy (non-hydrogen) atoms. The summed E-state index contributed by atoms with van der Waals surface area (Å²) in [7, 11) is 0. The molecule has 4 rings (SSSR count). The van der Waals surface area contributed by atoms with Crippen LogP contribution in [0.4, 0.5) is 0 Å². The number of phenolic OH excluding ortho intramolecular Hbond substituents is 2. The third-order valence-corrected chi connectivity index (χ3v) is 6.15. The fourth-order valence-electron chi connectivity index (χ4n) is 4.40. The summed E-state index contributed by atoms with van der Waals surface area (Å²) in [6.07, 6.45) is 0. The number of hydrogen-bond acceptors (Lipinski definition) is 2. The van der Waals surface area contributed by atoms with Crippen LogP contribution in [0.1, 0.15) is 44.9 Å². The Labute approximate surface area is 184 Å². The minimum atomic E-state index is -0.0324. The molecule has 0 fully saturated rings. The van der Waals surface area contributed by atoms with E-state index in [2.05, 4.69) is 74.5 Å². The summed E-state index contributed by atoms with van der Waals surface area (Å²) in [4.78, 5) is 0. The molecule has 0 aliphatic carbocycles. The van der Waals surface area contributed by atoms with Crippen LogP contribution in [-0.2, 0) is 0 Å². The largest absolute Gasteiger partial charge is 0.508 e. The zero-order chi connectivity index (χ0) is 22.1. The first-order valence-electron chi connectivity index (χ1n) is 10.6. The SMILES string of the molecule is Cc1cc(C(c2cc(C)c(O)cc2C)c2ccccc2-c2ccccc2)c(C)cc1O. The van der Waals surface area contributed by atoms with Gasteiger partial charge in [0.05, 0.1) is 0 Å². The summed E-state index contributed by atoms with van der Waals surface area (Å²) in [6.45, 7) is 7.98. The van der Waals surface area contributed by atoms with Gasteiger partial charge in [0, 0.05) is 5.92 Å². The Kier molecular flexibility index (Phi) is 5.56. The van der Waals surface area contributed by atoms with Gasteiger partial charge in [0.25, 0.3) is 0 Å². The number of aromatic hydroxyl groups is 2. The Bertz CT molecular complexity index is 1180. The number of aryl methyl sites for hydroxylation is 4. The van der Waals surface area contributed by atoms with Crippen LogP contribution in [0.5, 0.6) is 11.5 Å². The summed E-state index contributed by atoms with van der Waals surface area (Å²) in [5.74, 6) is 0.597. The van der Waals surface area contributed by atoms with Crippen LogP contribution < -0.4 is 0 Å². The van der Waals surface area contributed by atoms with Gasteiger partial charge in [-0.25, -0.2) is 0 Å². The molecule has 2 heteroatoms. The van der Waals surface area contributed by atoms with Crippen molar-refractivity contribution in [3.05, 3.63) is 118 Å². The van der Waals surface area contributed by atoms with E-state index in [9.17, 15) is 10.2 Å². The number of rotatable bonds is 4. The molecule has 0 saturated carbocycles. The van der Waals surface area contributed by atoms with Gasteiger partial charge < -0.3 is 10.2 Å². The second-order valence-electron chi connectivity index (χ2n) is 8.38. The topological polar surface area (TPSA) is 40.5 Å². The molecule has 2 N–H and O–H groups in total. The highest BCUT2D eigenvalue weighted by Gasteiger charge is 2.25. The fraction of sp³-hybridized carbons (Fsp3) is 0.172. The minimum absolute atomic E-state index is 0.0324. The molecule has 0 aliphatic rings. The monoisotopic (exact) mass is 408 g/mol. The van der Waals surface area contributed by atoms with Crippen LogP contribution >= 0.6 is 0 Å². The molecule has 0 aliphatic heterocycles. The average Bonchev–Trinajstić information content (AvgIpc) is 2.76. The molecule has 0 heterocycles. The number of hydrogen-bond donors (Lipinski definition) is 2. The van der Waals surface area contributed by atoms with Crippen molar-refractivity contribution in [3.8, 4) is 22.6 Å². The van der Waals surface area contributed by atoms with Crippen molar-refractivity contribution in [2.75, 3.05) is 0 Å². The van der Waals surface area contributed by atoms with Crippen LogP contribution in [0.15, 0.2) is 78.9 Å². The lowest BCUT2D eigenvalue weighted by molar-refractivity contribution is 0.470. The maximum absolute atomic E-state index is 10.3. The van der Waals surface area contributed by atoms with Gasteiger partial charge in [0.15, 0.2) is 0 Å². The van der Waals surface area contributed by atoms with Gasteiger partial charge in [-0.1, -0.05) is 66.7 Å². The van der Waals surface area contributed by atoms with E-state index in [0.717, 1.165) is 33.4 Å². The second-order valence-corrected chi connectivity index (χ2v) is 8.38. The van der Waals surface area contributed by atoms with Crippen LogP contribution in [0, 0.1) is 27.7 Å². The molecule has 0 spiro atoms. The van der Waals surface area contributed by atoms with E-state index < -0.39 is 0 Å². The van der Waals surface area contributed by atoms with E-state index in [1.165, 1.54) is 16.7 Å². The lowest BCUT2D eigenvalue weighted by Crippen LogP contribution is -2.09. The van der Waals surface area contributed by atoms with Gasteiger partial charge >= 0.3 is 0 Å². The molecule has 0 unspecified atom stereocenters. The second kappa shape index (κ2) is 8.31. The molecule has 0 atom stereocenters. The predicted molar refractivity (Wildman–Crippen MR) is 128 cm³/mol.